The van der Waals surface area contributed by atoms with Crippen molar-refractivity contribution in [3.8, 4) is 11.4 Å². The number of carbonyl (C=O) groups is 1. The van der Waals surface area contributed by atoms with Gasteiger partial charge in [0.15, 0.2) is 5.82 Å². The van der Waals surface area contributed by atoms with Crippen molar-refractivity contribution < 1.29 is 4.79 Å². The number of aromatic nitrogens is 5. The van der Waals surface area contributed by atoms with E-state index in [1.807, 2.05) is 30.3 Å². The molecule has 0 spiro atoms. The van der Waals surface area contributed by atoms with E-state index < -0.39 is 0 Å². The summed E-state index contributed by atoms with van der Waals surface area (Å²) in [6.45, 7) is 0. The Balaban J connectivity index is 1.37. The molecular formula is C17H14N6O2S. The number of carbonyl (C=O) groups excluding carboxylic acids is 1. The Hall–Kier alpha value is -3.33. The van der Waals surface area contributed by atoms with Gasteiger partial charge in [0, 0.05) is 11.3 Å². The van der Waals surface area contributed by atoms with E-state index in [9.17, 15) is 9.59 Å². The van der Waals surface area contributed by atoms with Gasteiger partial charge in [-0.1, -0.05) is 42.1 Å². The van der Waals surface area contributed by atoms with Crippen LogP contribution in [0.2, 0.25) is 0 Å². The van der Waals surface area contributed by atoms with Crippen molar-refractivity contribution in [2.45, 2.75) is 5.16 Å². The maximum atomic E-state index is 12.1. The van der Waals surface area contributed by atoms with Crippen molar-refractivity contribution in [2.75, 3.05) is 11.1 Å². The van der Waals surface area contributed by atoms with Crippen LogP contribution in [0.25, 0.3) is 22.4 Å². The second-order valence-corrected chi connectivity index (χ2v) is 6.45. The Morgan fingerprint density at radius 2 is 1.88 bits per heavy atom. The van der Waals surface area contributed by atoms with Crippen LogP contribution in [0.4, 0.5) is 5.69 Å². The summed E-state index contributed by atoms with van der Waals surface area (Å²) in [5.74, 6) is 0.655. The summed E-state index contributed by atoms with van der Waals surface area (Å²) in [6.07, 6.45) is 0. The summed E-state index contributed by atoms with van der Waals surface area (Å²) >= 11 is 1.24. The molecule has 4 aromatic rings. The minimum absolute atomic E-state index is 0.174. The lowest BCUT2D eigenvalue weighted by molar-refractivity contribution is -0.113. The first-order chi connectivity index (χ1) is 12.7. The zero-order chi connectivity index (χ0) is 17.9. The molecule has 4 N–H and O–H groups in total. The number of hydrogen-bond acceptors (Lipinski definition) is 5. The molecule has 0 aliphatic carbocycles. The van der Waals surface area contributed by atoms with Crippen molar-refractivity contribution in [1.29, 1.82) is 0 Å². The normalized spacial score (nSPS) is 10.9. The first kappa shape index (κ1) is 16.2. The molecule has 4 rings (SSSR count). The summed E-state index contributed by atoms with van der Waals surface area (Å²) < 4.78 is 0. The Morgan fingerprint density at radius 1 is 1.08 bits per heavy atom. The van der Waals surface area contributed by atoms with Gasteiger partial charge in [-0.15, -0.1) is 5.10 Å². The van der Waals surface area contributed by atoms with E-state index >= 15 is 0 Å². The fourth-order valence-electron chi connectivity index (χ4n) is 2.47. The minimum Gasteiger partial charge on any atom is -0.325 e. The lowest BCUT2D eigenvalue weighted by Gasteiger charge is -2.03. The summed E-state index contributed by atoms with van der Waals surface area (Å²) in [4.78, 5) is 33.1. The first-order valence-electron chi connectivity index (χ1n) is 7.80. The lowest BCUT2D eigenvalue weighted by atomic mass is 10.2. The summed E-state index contributed by atoms with van der Waals surface area (Å²) in [5, 5.41) is 10.3. The van der Waals surface area contributed by atoms with Gasteiger partial charge in [-0.05, 0) is 18.2 Å². The number of nitrogens with one attached hydrogen (secondary N) is 4. The van der Waals surface area contributed by atoms with E-state index in [4.69, 9.17) is 0 Å². The molecule has 2 heterocycles. The number of imidazole rings is 1. The quantitative estimate of drug-likeness (QED) is 0.404. The molecular weight excluding hydrogens is 352 g/mol. The smallest absolute Gasteiger partial charge is 0.323 e. The predicted molar refractivity (Wildman–Crippen MR) is 100 cm³/mol. The Kier molecular flexibility index (Phi) is 4.28. The Bertz CT molecular complexity index is 1110. The van der Waals surface area contributed by atoms with Gasteiger partial charge in [-0.3, -0.25) is 9.89 Å². The summed E-state index contributed by atoms with van der Waals surface area (Å²) in [6, 6.07) is 14.8. The number of fused-ring (bicyclic) bond motifs is 1. The number of nitrogens with zero attached hydrogens (tertiary/aromatic N) is 2. The molecule has 0 bridgehead atoms. The van der Waals surface area contributed by atoms with Crippen LogP contribution in [-0.2, 0) is 4.79 Å². The van der Waals surface area contributed by atoms with E-state index in [1.165, 1.54) is 11.8 Å². The molecule has 2 aromatic carbocycles. The third-order valence-corrected chi connectivity index (χ3v) is 4.49. The van der Waals surface area contributed by atoms with Gasteiger partial charge in [0.1, 0.15) is 0 Å². The van der Waals surface area contributed by atoms with Crippen LogP contribution in [0.15, 0.2) is 58.5 Å². The SMILES string of the molecule is O=C(CSc1n[nH]c(-c2ccccc2)n1)Nc1ccc2[nH]c(=O)[nH]c2c1. The van der Waals surface area contributed by atoms with E-state index in [0.717, 1.165) is 5.56 Å². The van der Waals surface area contributed by atoms with E-state index in [1.54, 1.807) is 18.2 Å². The summed E-state index contributed by atoms with van der Waals surface area (Å²) in [7, 11) is 0. The van der Waals surface area contributed by atoms with Crippen molar-refractivity contribution in [3.05, 3.63) is 59.0 Å². The largest absolute Gasteiger partial charge is 0.325 e. The highest BCUT2D eigenvalue weighted by atomic mass is 32.2. The zero-order valence-corrected chi connectivity index (χ0v) is 14.3. The average Bonchev–Trinajstić information content (AvgIpc) is 3.26. The molecule has 130 valence electrons. The van der Waals surface area contributed by atoms with Gasteiger partial charge in [0.05, 0.1) is 16.8 Å². The molecule has 0 saturated heterocycles. The maximum Gasteiger partial charge on any atom is 0.323 e. The fourth-order valence-corrected chi connectivity index (χ4v) is 3.07. The maximum absolute atomic E-state index is 12.1. The van der Waals surface area contributed by atoms with Gasteiger partial charge in [-0.2, -0.15) is 0 Å². The van der Waals surface area contributed by atoms with Gasteiger partial charge < -0.3 is 15.3 Å². The number of benzene rings is 2. The van der Waals surface area contributed by atoms with Gasteiger partial charge in [-0.25, -0.2) is 9.78 Å². The van der Waals surface area contributed by atoms with Crippen molar-refractivity contribution >= 4 is 34.4 Å². The number of thioether (sulfide) groups is 1. The van der Waals surface area contributed by atoms with Crippen molar-refractivity contribution in [2.24, 2.45) is 0 Å². The summed E-state index contributed by atoms with van der Waals surface area (Å²) in [5.41, 5.74) is 2.60. The van der Waals surface area contributed by atoms with E-state index in [0.29, 0.717) is 27.7 Å². The molecule has 26 heavy (non-hydrogen) atoms. The standard InChI is InChI=1S/C17H14N6O2S/c24-14(18-11-6-7-12-13(8-11)20-16(25)19-12)9-26-17-21-15(22-23-17)10-4-2-1-3-5-10/h1-8H,9H2,(H,18,24)(H2,19,20,25)(H,21,22,23). The van der Waals surface area contributed by atoms with Crippen LogP contribution >= 0.6 is 11.8 Å². The second-order valence-electron chi connectivity index (χ2n) is 5.51. The Morgan fingerprint density at radius 3 is 2.73 bits per heavy atom. The van der Waals surface area contributed by atoms with E-state index in [2.05, 4.69) is 30.5 Å². The molecule has 0 unspecified atom stereocenters. The van der Waals surface area contributed by atoms with Gasteiger partial charge in [0.25, 0.3) is 0 Å². The lowest BCUT2D eigenvalue weighted by Crippen LogP contribution is -2.14. The first-order valence-corrected chi connectivity index (χ1v) is 8.78. The highest BCUT2D eigenvalue weighted by Gasteiger charge is 2.09. The van der Waals surface area contributed by atoms with Crippen LogP contribution in [0.1, 0.15) is 0 Å². The zero-order valence-electron chi connectivity index (χ0n) is 13.4. The molecule has 0 aliphatic rings. The van der Waals surface area contributed by atoms with Gasteiger partial charge >= 0.3 is 5.69 Å². The molecule has 0 fully saturated rings. The second kappa shape index (κ2) is 6.89. The third kappa shape index (κ3) is 3.52. The highest BCUT2D eigenvalue weighted by Crippen LogP contribution is 2.19. The Labute approximate surface area is 151 Å². The molecule has 2 aromatic heterocycles. The van der Waals surface area contributed by atoms with Crippen LogP contribution in [-0.4, -0.2) is 36.8 Å². The molecule has 0 radical (unpaired) electrons. The third-order valence-electron chi connectivity index (χ3n) is 3.64. The molecule has 0 saturated carbocycles. The molecule has 9 heteroatoms. The molecule has 1 amide bonds. The van der Waals surface area contributed by atoms with Crippen LogP contribution in [0.3, 0.4) is 0 Å². The number of anilines is 1. The van der Waals surface area contributed by atoms with Crippen LogP contribution in [0, 0.1) is 0 Å². The molecule has 8 nitrogen and oxygen atoms in total. The number of aromatic amines is 3. The number of rotatable bonds is 5. The fraction of sp³-hybridized carbons (Fsp3) is 0.0588. The van der Waals surface area contributed by atoms with Crippen molar-refractivity contribution in [1.82, 2.24) is 25.1 Å². The van der Waals surface area contributed by atoms with Crippen molar-refractivity contribution in [3.63, 3.8) is 0 Å². The van der Waals surface area contributed by atoms with E-state index in [-0.39, 0.29) is 17.3 Å². The molecule has 0 atom stereocenters. The van der Waals surface area contributed by atoms with Gasteiger partial charge in [0.2, 0.25) is 11.1 Å². The number of amides is 1. The average molecular weight is 366 g/mol. The number of hydrogen-bond donors (Lipinski definition) is 4. The van der Waals surface area contributed by atoms with Crippen LogP contribution in [0.5, 0.6) is 0 Å². The predicted octanol–water partition coefficient (Wildman–Crippen LogP) is 2.37. The number of H-pyrrole nitrogens is 3. The molecule has 0 aliphatic heterocycles. The highest BCUT2D eigenvalue weighted by molar-refractivity contribution is 7.99. The minimum atomic E-state index is -0.280. The topological polar surface area (TPSA) is 119 Å². The monoisotopic (exact) mass is 366 g/mol. The van der Waals surface area contributed by atoms with Crippen LogP contribution < -0.4 is 11.0 Å².